The minimum atomic E-state index is -3.52. The first-order chi connectivity index (χ1) is 12.5. The minimum absolute atomic E-state index is 0.160. The average molecular weight is 396 g/mol. The summed E-state index contributed by atoms with van der Waals surface area (Å²) in [5, 5.41) is 6.22. The molecule has 2 atom stereocenters. The zero-order valence-electron chi connectivity index (χ0n) is 17.1. The summed E-state index contributed by atoms with van der Waals surface area (Å²) in [5.74, 6) is 0.389. The third kappa shape index (κ3) is 5.77. The van der Waals surface area contributed by atoms with E-state index in [1.807, 2.05) is 0 Å². The van der Waals surface area contributed by atoms with Gasteiger partial charge >= 0.3 is 0 Å². The Kier molecular flexibility index (Phi) is 7.05. The lowest BCUT2D eigenvalue weighted by Crippen LogP contribution is -2.46. The lowest BCUT2D eigenvalue weighted by atomic mass is 9.69. The molecule has 2 rings (SSSR count). The Morgan fingerprint density at radius 3 is 2.48 bits per heavy atom. The second-order valence-corrected chi connectivity index (χ2v) is 10.8. The molecule has 27 heavy (non-hydrogen) atoms. The summed E-state index contributed by atoms with van der Waals surface area (Å²) < 4.78 is 25.6. The molecule has 0 aliphatic heterocycles. The third-order valence-corrected chi connectivity index (χ3v) is 7.11. The van der Waals surface area contributed by atoms with E-state index in [0.29, 0.717) is 17.6 Å². The maximum atomic E-state index is 12.4. The molecule has 1 amide bonds. The predicted molar refractivity (Wildman–Crippen MR) is 109 cm³/mol. The van der Waals surface area contributed by atoms with Gasteiger partial charge in [-0.1, -0.05) is 39.7 Å². The summed E-state index contributed by atoms with van der Waals surface area (Å²) in [4.78, 5) is 12.5. The van der Waals surface area contributed by atoms with Gasteiger partial charge in [0.1, 0.15) is 0 Å². The maximum Gasteiger partial charge on any atom is 0.242 e. The highest BCUT2D eigenvalue weighted by atomic mass is 32.2. The Bertz CT molecular complexity index is 754. The molecular formula is C20H33N3O3S. The zero-order chi connectivity index (χ0) is 20.2. The first-order valence-corrected chi connectivity index (χ1v) is 11.0. The number of sulfonamides is 1. The van der Waals surface area contributed by atoms with Crippen LogP contribution in [0.15, 0.2) is 29.2 Å². The number of carbonyl (C=O) groups is 1. The molecule has 1 aromatic rings. The normalized spacial score (nSPS) is 21.3. The lowest BCUT2D eigenvalue weighted by Gasteiger charge is -2.40. The van der Waals surface area contributed by atoms with E-state index in [4.69, 9.17) is 0 Å². The molecule has 0 aromatic heterocycles. The van der Waals surface area contributed by atoms with Crippen molar-refractivity contribution < 1.29 is 13.2 Å². The van der Waals surface area contributed by atoms with Crippen LogP contribution in [0.2, 0.25) is 0 Å². The van der Waals surface area contributed by atoms with E-state index < -0.39 is 10.0 Å². The molecular weight excluding hydrogens is 362 g/mol. The van der Waals surface area contributed by atoms with Gasteiger partial charge in [-0.2, -0.15) is 0 Å². The molecule has 2 N–H and O–H groups in total. The average Bonchev–Trinajstić information content (AvgIpc) is 2.59. The lowest BCUT2D eigenvalue weighted by molar-refractivity contribution is -0.115. The largest absolute Gasteiger partial charge is 0.325 e. The smallest absolute Gasteiger partial charge is 0.242 e. The van der Waals surface area contributed by atoms with Crippen LogP contribution in [0, 0.1) is 11.3 Å². The van der Waals surface area contributed by atoms with Crippen LogP contribution in [0.5, 0.6) is 0 Å². The summed E-state index contributed by atoms with van der Waals surface area (Å²) in [5.41, 5.74) is 0.699. The van der Waals surface area contributed by atoms with Crippen molar-refractivity contribution in [2.75, 3.05) is 26.0 Å². The fourth-order valence-electron chi connectivity index (χ4n) is 3.79. The highest BCUT2D eigenvalue weighted by Crippen LogP contribution is 2.37. The van der Waals surface area contributed by atoms with Crippen molar-refractivity contribution in [3.63, 3.8) is 0 Å². The summed E-state index contributed by atoms with van der Waals surface area (Å²) in [6.07, 6.45) is 4.72. The molecule has 0 radical (unpaired) electrons. The quantitative estimate of drug-likeness (QED) is 0.776. The Morgan fingerprint density at radius 1 is 1.19 bits per heavy atom. The molecule has 152 valence electrons. The summed E-state index contributed by atoms with van der Waals surface area (Å²) >= 11 is 0. The van der Waals surface area contributed by atoms with Gasteiger partial charge in [-0.15, -0.1) is 0 Å². The molecule has 2 unspecified atom stereocenters. The van der Waals surface area contributed by atoms with Crippen molar-refractivity contribution in [2.24, 2.45) is 11.3 Å². The SMILES string of the molecule is CN(C)S(=O)(=O)c1cccc(NC(=O)CNC2CCCCC2C(C)(C)C)c1. The monoisotopic (exact) mass is 395 g/mol. The Labute approximate surface area is 163 Å². The Hall–Kier alpha value is -1.44. The van der Waals surface area contributed by atoms with Gasteiger partial charge in [0.2, 0.25) is 15.9 Å². The molecule has 7 heteroatoms. The second kappa shape index (κ2) is 8.71. The standard InChI is InChI=1S/C20H33N3O3S/c1-20(2,3)17-11-6-7-12-18(17)21-14-19(24)22-15-9-8-10-16(13-15)27(25,26)23(4)5/h8-10,13,17-18,21H,6-7,11-12,14H2,1-5H3,(H,22,24). The van der Waals surface area contributed by atoms with Crippen LogP contribution in [-0.2, 0) is 14.8 Å². The van der Waals surface area contributed by atoms with Crippen molar-refractivity contribution in [1.29, 1.82) is 0 Å². The molecule has 0 heterocycles. The van der Waals surface area contributed by atoms with Gasteiger partial charge in [0.15, 0.2) is 0 Å². The molecule has 1 aliphatic carbocycles. The number of nitrogens with one attached hydrogen (secondary N) is 2. The van der Waals surface area contributed by atoms with E-state index in [1.54, 1.807) is 12.1 Å². The maximum absolute atomic E-state index is 12.4. The van der Waals surface area contributed by atoms with Crippen LogP contribution < -0.4 is 10.6 Å². The van der Waals surface area contributed by atoms with Gasteiger partial charge < -0.3 is 10.6 Å². The van der Waals surface area contributed by atoms with Gasteiger partial charge in [-0.3, -0.25) is 4.79 Å². The van der Waals surface area contributed by atoms with Crippen LogP contribution in [0.4, 0.5) is 5.69 Å². The first kappa shape index (κ1) is 21.9. The molecule has 1 fully saturated rings. The summed E-state index contributed by atoms with van der Waals surface area (Å²) in [6, 6.07) is 6.69. The molecule has 0 bridgehead atoms. The van der Waals surface area contributed by atoms with Gasteiger partial charge in [0.25, 0.3) is 0 Å². The number of hydrogen-bond donors (Lipinski definition) is 2. The van der Waals surface area contributed by atoms with E-state index in [2.05, 4.69) is 31.4 Å². The van der Waals surface area contributed by atoms with E-state index in [-0.39, 0.29) is 22.8 Å². The molecule has 0 saturated heterocycles. The van der Waals surface area contributed by atoms with Crippen molar-refractivity contribution in [1.82, 2.24) is 9.62 Å². The van der Waals surface area contributed by atoms with Crippen molar-refractivity contribution in [2.45, 2.75) is 57.4 Å². The van der Waals surface area contributed by atoms with Crippen LogP contribution >= 0.6 is 0 Å². The molecule has 1 aliphatic rings. The highest BCUT2D eigenvalue weighted by molar-refractivity contribution is 7.89. The molecule has 1 saturated carbocycles. The fraction of sp³-hybridized carbons (Fsp3) is 0.650. The van der Waals surface area contributed by atoms with E-state index >= 15 is 0 Å². The number of carbonyl (C=O) groups excluding carboxylic acids is 1. The zero-order valence-corrected chi connectivity index (χ0v) is 17.9. The number of hydrogen-bond acceptors (Lipinski definition) is 4. The third-order valence-electron chi connectivity index (χ3n) is 5.30. The topological polar surface area (TPSA) is 78.5 Å². The number of rotatable bonds is 6. The van der Waals surface area contributed by atoms with Crippen LogP contribution in [0.1, 0.15) is 46.5 Å². The predicted octanol–water partition coefficient (Wildman–Crippen LogP) is 3.07. The fourth-order valence-corrected chi connectivity index (χ4v) is 4.73. The van der Waals surface area contributed by atoms with Crippen molar-refractivity contribution >= 4 is 21.6 Å². The molecule has 6 nitrogen and oxygen atoms in total. The van der Waals surface area contributed by atoms with Crippen LogP contribution in [-0.4, -0.2) is 45.3 Å². The van der Waals surface area contributed by atoms with Crippen molar-refractivity contribution in [3.05, 3.63) is 24.3 Å². The second-order valence-electron chi connectivity index (χ2n) is 8.61. The molecule has 0 spiro atoms. The highest BCUT2D eigenvalue weighted by Gasteiger charge is 2.34. The van der Waals surface area contributed by atoms with Gasteiger partial charge in [0.05, 0.1) is 11.4 Å². The Balaban J connectivity index is 1.98. The Morgan fingerprint density at radius 2 is 1.85 bits per heavy atom. The van der Waals surface area contributed by atoms with E-state index in [9.17, 15) is 13.2 Å². The molecule has 1 aromatic carbocycles. The van der Waals surface area contributed by atoms with Crippen LogP contribution in [0.25, 0.3) is 0 Å². The number of anilines is 1. The number of benzene rings is 1. The van der Waals surface area contributed by atoms with E-state index in [1.165, 1.54) is 45.5 Å². The van der Waals surface area contributed by atoms with Crippen LogP contribution in [0.3, 0.4) is 0 Å². The van der Waals surface area contributed by atoms with E-state index in [0.717, 1.165) is 10.7 Å². The summed E-state index contributed by atoms with van der Waals surface area (Å²) in [6.45, 7) is 7.00. The van der Waals surface area contributed by atoms with Crippen molar-refractivity contribution in [3.8, 4) is 0 Å². The van der Waals surface area contributed by atoms with Gasteiger partial charge in [-0.05, 0) is 42.4 Å². The number of nitrogens with zero attached hydrogens (tertiary/aromatic N) is 1. The minimum Gasteiger partial charge on any atom is -0.325 e. The first-order valence-electron chi connectivity index (χ1n) is 9.57. The van der Waals surface area contributed by atoms with Gasteiger partial charge in [-0.25, -0.2) is 12.7 Å². The van der Waals surface area contributed by atoms with Gasteiger partial charge in [0, 0.05) is 25.8 Å². The number of amides is 1. The summed E-state index contributed by atoms with van der Waals surface area (Å²) in [7, 11) is -0.549.